The molecule has 8 nitrogen and oxygen atoms in total. The molecule has 0 heterocycles. The van der Waals surface area contributed by atoms with Gasteiger partial charge in [0.05, 0.1) is 38.8 Å². The highest BCUT2D eigenvalue weighted by molar-refractivity contribution is 5.76. The monoisotopic (exact) mass is 613 g/mol. The summed E-state index contributed by atoms with van der Waals surface area (Å²) in [6.45, 7) is 11.6. The molecule has 0 saturated carbocycles. The molecule has 0 saturated heterocycles. The van der Waals surface area contributed by atoms with E-state index in [9.17, 15) is 9.59 Å². The predicted molar refractivity (Wildman–Crippen MR) is 176 cm³/mol. The molecule has 0 radical (unpaired) electrons. The van der Waals surface area contributed by atoms with Gasteiger partial charge in [0, 0.05) is 32.6 Å². The molecule has 43 heavy (non-hydrogen) atoms. The lowest BCUT2D eigenvalue weighted by atomic mass is 9.97. The van der Waals surface area contributed by atoms with Crippen molar-refractivity contribution in [1.29, 1.82) is 0 Å². The van der Waals surface area contributed by atoms with Crippen LogP contribution in [0.2, 0.25) is 0 Å². The van der Waals surface area contributed by atoms with Gasteiger partial charge in [0.15, 0.2) is 5.78 Å². The van der Waals surface area contributed by atoms with E-state index in [-0.39, 0.29) is 18.3 Å². The van der Waals surface area contributed by atoms with Gasteiger partial charge in [0.2, 0.25) is 5.91 Å². The smallest absolute Gasteiger partial charge is 0.220 e. The second-order valence-corrected chi connectivity index (χ2v) is 12.0. The lowest BCUT2D eigenvalue weighted by molar-refractivity contribution is -0.122. The topological polar surface area (TPSA) is 103 Å². The van der Waals surface area contributed by atoms with E-state index in [4.69, 9.17) is 24.1 Å². The number of unbranched alkanes of at least 4 members (excludes halogenated alkanes) is 13. The van der Waals surface area contributed by atoms with Gasteiger partial charge >= 0.3 is 0 Å². The first-order valence-corrected chi connectivity index (χ1v) is 17.4. The fraction of sp³-hybridized carbons (Fsp3) is 0.886. The normalized spacial score (nSPS) is 12.0. The first kappa shape index (κ1) is 41.5. The van der Waals surface area contributed by atoms with Gasteiger partial charge in [0.1, 0.15) is 6.61 Å². The van der Waals surface area contributed by atoms with Crippen LogP contribution in [0.15, 0.2) is 12.3 Å². The third-order valence-corrected chi connectivity index (χ3v) is 7.47. The Hall–Kier alpha value is -1.48. The van der Waals surface area contributed by atoms with Crippen molar-refractivity contribution >= 4 is 11.7 Å². The van der Waals surface area contributed by atoms with Crippen molar-refractivity contribution in [3.05, 3.63) is 12.3 Å². The summed E-state index contributed by atoms with van der Waals surface area (Å²) in [5.74, 6) is 1.05. The van der Waals surface area contributed by atoms with Crippen LogP contribution < -0.4 is 5.32 Å². The molecular formula is C35H67NO7. The van der Waals surface area contributed by atoms with Gasteiger partial charge < -0.3 is 29.4 Å². The molecule has 2 N–H and O–H groups in total. The molecule has 1 atom stereocenters. The molecule has 0 aliphatic carbocycles. The number of Topliss-reactive ketones (excluding diaryl/α,β-unsaturated/α-hetero) is 1. The Balaban J connectivity index is 3.28. The Bertz CT molecular complexity index is 644. The maximum Gasteiger partial charge on any atom is 0.220 e. The maximum atomic E-state index is 12.1. The third-order valence-electron chi connectivity index (χ3n) is 7.47. The number of ketones is 1. The second kappa shape index (κ2) is 33.4. The van der Waals surface area contributed by atoms with Crippen molar-refractivity contribution < 1.29 is 33.6 Å². The lowest BCUT2D eigenvalue weighted by Crippen LogP contribution is -2.27. The van der Waals surface area contributed by atoms with E-state index in [0.717, 1.165) is 25.7 Å². The van der Waals surface area contributed by atoms with Gasteiger partial charge in [-0.15, -0.1) is 0 Å². The van der Waals surface area contributed by atoms with Crippen molar-refractivity contribution in [1.82, 2.24) is 5.32 Å². The number of carbonyl (C=O) groups is 2. The Morgan fingerprint density at radius 1 is 0.605 bits per heavy atom. The summed E-state index contributed by atoms with van der Waals surface area (Å²) in [6.07, 6.45) is 22.7. The summed E-state index contributed by atoms with van der Waals surface area (Å²) in [6, 6.07) is 0. The van der Waals surface area contributed by atoms with Gasteiger partial charge in [-0.25, -0.2) is 0 Å². The van der Waals surface area contributed by atoms with Gasteiger partial charge in [-0.3, -0.25) is 9.59 Å². The van der Waals surface area contributed by atoms with E-state index in [1.807, 2.05) is 0 Å². The van der Waals surface area contributed by atoms with Crippen LogP contribution in [0.25, 0.3) is 0 Å². The van der Waals surface area contributed by atoms with Gasteiger partial charge in [-0.1, -0.05) is 103 Å². The molecule has 254 valence electrons. The van der Waals surface area contributed by atoms with E-state index in [1.54, 1.807) is 0 Å². The van der Waals surface area contributed by atoms with Crippen molar-refractivity contribution in [2.24, 2.45) is 5.92 Å². The Labute approximate surface area is 264 Å². The van der Waals surface area contributed by atoms with Crippen LogP contribution in [-0.2, 0) is 28.5 Å². The number of ether oxygens (including phenoxy) is 4. The maximum absolute atomic E-state index is 12.1. The molecule has 1 unspecified atom stereocenters. The number of aliphatic hydroxyl groups is 1. The lowest BCUT2D eigenvalue weighted by Gasteiger charge is -2.11. The van der Waals surface area contributed by atoms with Crippen molar-refractivity contribution in [2.45, 2.75) is 136 Å². The summed E-state index contributed by atoms with van der Waals surface area (Å²) in [4.78, 5) is 22.8. The van der Waals surface area contributed by atoms with Crippen LogP contribution in [0.1, 0.15) is 136 Å². The molecule has 0 spiro atoms. The zero-order valence-corrected chi connectivity index (χ0v) is 28.0. The largest absolute Gasteiger partial charge is 0.513 e. The number of hydrogen-bond acceptors (Lipinski definition) is 7. The van der Waals surface area contributed by atoms with E-state index < -0.39 is 0 Å². The number of aliphatic hydroxyl groups excluding tert-OH is 1. The summed E-state index contributed by atoms with van der Waals surface area (Å²) >= 11 is 0. The highest BCUT2D eigenvalue weighted by atomic mass is 16.5. The minimum absolute atomic E-state index is 0.0181. The fourth-order valence-corrected chi connectivity index (χ4v) is 4.84. The van der Waals surface area contributed by atoms with Crippen molar-refractivity contribution in [3.63, 3.8) is 0 Å². The molecule has 1 amide bonds. The third kappa shape index (κ3) is 36.6. The first-order valence-electron chi connectivity index (χ1n) is 17.4. The quantitative estimate of drug-likeness (QED) is 0.0554. The van der Waals surface area contributed by atoms with Gasteiger partial charge in [-0.05, 0) is 32.1 Å². The number of nitrogens with one attached hydrogen (secondary N) is 1. The van der Waals surface area contributed by atoms with Gasteiger partial charge in [-0.2, -0.15) is 0 Å². The molecule has 8 heteroatoms. The molecule has 0 bridgehead atoms. The molecule has 0 fully saturated rings. The number of rotatable bonds is 35. The Morgan fingerprint density at radius 3 is 1.58 bits per heavy atom. The van der Waals surface area contributed by atoms with E-state index in [0.29, 0.717) is 70.9 Å². The zero-order chi connectivity index (χ0) is 31.6. The highest BCUT2D eigenvalue weighted by Crippen LogP contribution is 2.17. The van der Waals surface area contributed by atoms with Crippen LogP contribution >= 0.6 is 0 Å². The molecule has 0 aromatic carbocycles. The zero-order valence-electron chi connectivity index (χ0n) is 28.0. The molecule has 0 aromatic heterocycles. The SMILES string of the molecule is C=C(O)CCCCCCCCCCCCCCCCC(C)CCC(=O)NCCOCCOCCCOCCOCC(C)=O. The minimum atomic E-state index is 0.0181. The summed E-state index contributed by atoms with van der Waals surface area (Å²) in [5, 5.41) is 12.0. The number of carbonyl (C=O) groups excluding carboxylic acids is 2. The highest BCUT2D eigenvalue weighted by Gasteiger charge is 2.07. The van der Waals surface area contributed by atoms with E-state index in [1.165, 1.54) is 96.8 Å². The minimum Gasteiger partial charge on any atom is -0.513 e. The number of hydrogen-bond donors (Lipinski definition) is 2. The van der Waals surface area contributed by atoms with Crippen LogP contribution in [0.5, 0.6) is 0 Å². The van der Waals surface area contributed by atoms with Crippen LogP contribution in [0, 0.1) is 5.92 Å². The summed E-state index contributed by atoms with van der Waals surface area (Å²) in [7, 11) is 0. The average Bonchev–Trinajstić information content (AvgIpc) is 2.97. The summed E-state index contributed by atoms with van der Waals surface area (Å²) in [5.41, 5.74) is 0. The average molecular weight is 614 g/mol. The fourth-order valence-electron chi connectivity index (χ4n) is 4.84. The number of allylic oxidation sites excluding steroid dienone is 1. The van der Waals surface area contributed by atoms with Crippen molar-refractivity contribution in [2.75, 3.05) is 59.4 Å². The van der Waals surface area contributed by atoms with Crippen LogP contribution in [0.3, 0.4) is 0 Å². The summed E-state index contributed by atoms with van der Waals surface area (Å²) < 4.78 is 21.6. The van der Waals surface area contributed by atoms with E-state index >= 15 is 0 Å². The molecule has 0 rings (SSSR count). The van der Waals surface area contributed by atoms with E-state index in [2.05, 4.69) is 18.8 Å². The molecule has 0 aliphatic heterocycles. The predicted octanol–water partition coefficient (Wildman–Crippen LogP) is 7.88. The Morgan fingerprint density at radius 2 is 1.07 bits per heavy atom. The molecule has 0 aliphatic rings. The van der Waals surface area contributed by atoms with Crippen LogP contribution in [0.4, 0.5) is 0 Å². The molecule has 0 aromatic rings. The van der Waals surface area contributed by atoms with Gasteiger partial charge in [0.25, 0.3) is 0 Å². The van der Waals surface area contributed by atoms with Crippen LogP contribution in [-0.4, -0.2) is 76.2 Å². The standard InChI is InChI=1S/C35H67NO7/c1-32(19-16-14-12-10-8-6-4-5-7-9-11-13-15-17-20-33(2)37)21-22-35(39)36-23-26-42-28-27-40-24-18-25-41-29-30-43-31-34(3)38/h32,37H,2,4-31H2,1,3H3,(H,36,39). The second-order valence-electron chi connectivity index (χ2n) is 12.0. The first-order chi connectivity index (χ1) is 20.9. The Kier molecular flexibility index (Phi) is 32.3. The number of amides is 1. The molecular weight excluding hydrogens is 546 g/mol. The van der Waals surface area contributed by atoms with Crippen molar-refractivity contribution in [3.8, 4) is 0 Å².